The van der Waals surface area contributed by atoms with Gasteiger partial charge in [-0.25, -0.2) is 0 Å². The van der Waals surface area contributed by atoms with Gasteiger partial charge in [0.1, 0.15) is 5.78 Å². The maximum Gasteiger partial charge on any atom is 0.149 e. The lowest BCUT2D eigenvalue weighted by Gasteiger charge is -2.13. The van der Waals surface area contributed by atoms with Crippen LogP contribution in [0.5, 0.6) is 0 Å². The summed E-state index contributed by atoms with van der Waals surface area (Å²) in [5.41, 5.74) is 0. The van der Waals surface area contributed by atoms with E-state index in [1.54, 1.807) is 0 Å². The zero-order valence-corrected chi connectivity index (χ0v) is 8.93. The third-order valence-corrected chi connectivity index (χ3v) is 2.78. The maximum absolute atomic E-state index is 11.7. The van der Waals surface area contributed by atoms with E-state index in [-0.39, 0.29) is 6.04 Å². The number of nitrogens with one attached hydrogen (secondary N) is 1. The van der Waals surface area contributed by atoms with E-state index in [0.717, 1.165) is 25.8 Å². The van der Waals surface area contributed by atoms with Gasteiger partial charge in [0, 0.05) is 6.42 Å². The largest absolute Gasteiger partial charge is 0.307 e. The van der Waals surface area contributed by atoms with Crippen LogP contribution in [-0.2, 0) is 4.79 Å². The highest BCUT2D eigenvalue weighted by atomic mass is 16.1. The second-order valence-corrected chi connectivity index (χ2v) is 4.00. The molecule has 0 spiro atoms. The van der Waals surface area contributed by atoms with Crippen LogP contribution in [0.25, 0.3) is 0 Å². The summed E-state index contributed by atoms with van der Waals surface area (Å²) in [4.78, 5) is 11.7. The van der Waals surface area contributed by atoms with Crippen molar-refractivity contribution in [3.05, 3.63) is 12.7 Å². The van der Waals surface area contributed by atoms with E-state index in [0.29, 0.717) is 12.2 Å². The van der Waals surface area contributed by atoms with Crippen LogP contribution >= 0.6 is 0 Å². The first-order valence-corrected chi connectivity index (χ1v) is 5.71. The van der Waals surface area contributed by atoms with Gasteiger partial charge in [-0.2, -0.15) is 0 Å². The highest BCUT2D eigenvalue weighted by molar-refractivity contribution is 5.83. The molecule has 0 aromatic rings. The molecule has 0 aromatic heterocycles. The van der Waals surface area contributed by atoms with E-state index in [1.165, 1.54) is 19.3 Å². The first-order chi connectivity index (χ1) is 6.84. The minimum Gasteiger partial charge on any atom is -0.307 e. The molecule has 2 heteroatoms. The maximum atomic E-state index is 11.7. The Labute approximate surface area is 86.8 Å². The third kappa shape index (κ3) is 4.05. The highest BCUT2D eigenvalue weighted by Crippen LogP contribution is 2.11. The SMILES string of the molecule is C=CCCCC(=O)C1CCCCCN1. The van der Waals surface area contributed by atoms with Gasteiger partial charge in [0.15, 0.2) is 0 Å². The Bertz CT molecular complexity index is 181. The molecular weight excluding hydrogens is 174 g/mol. The summed E-state index contributed by atoms with van der Waals surface area (Å²) in [7, 11) is 0. The van der Waals surface area contributed by atoms with Crippen molar-refractivity contribution in [2.24, 2.45) is 0 Å². The number of carbonyl (C=O) groups is 1. The van der Waals surface area contributed by atoms with Crippen molar-refractivity contribution in [3.8, 4) is 0 Å². The van der Waals surface area contributed by atoms with Gasteiger partial charge < -0.3 is 5.32 Å². The molecule has 80 valence electrons. The Morgan fingerprint density at radius 1 is 1.43 bits per heavy atom. The molecule has 1 heterocycles. The molecule has 1 aliphatic heterocycles. The quantitative estimate of drug-likeness (QED) is 0.539. The van der Waals surface area contributed by atoms with Crippen LogP contribution in [0, 0.1) is 0 Å². The molecule has 1 atom stereocenters. The van der Waals surface area contributed by atoms with Crippen LogP contribution in [-0.4, -0.2) is 18.4 Å². The van der Waals surface area contributed by atoms with Crippen molar-refractivity contribution in [2.45, 2.75) is 51.0 Å². The van der Waals surface area contributed by atoms with Crippen molar-refractivity contribution in [3.63, 3.8) is 0 Å². The molecule has 0 radical (unpaired) electrons. The number of allylic oxidation sites excluding steroid dienone is 1. The number of unbranched alkanes of at least 4 members (excludes halogenated alkanes) is 1. The molecule has 1 saturated heterocycles. The van der Waals surface area contributed by atoms with Crippen LogP contribution in [0.1, 0.15) is 44.9 Å². The second-order valence-electron chi connectivity index (χ2n) is 4.00. The van der Waals surface area contributed by atoms with Gasteiger partial charge in [-0.1, -0.05) is 18.9 Å². The fourth-order valence-corrected chi connectivity index (χ4v) is 1.90. The fraction of sp³-hybridized carbons (Fsp3) is 0.750. The molecule has 0 bridgehead atoms. The molecule has 1 unspecified atom stereocenters. The monoisotopic (exact) mass is 195 g/mol. The lowest BCUT2D eigenvalue weighted by atomic mass is 10.0. The predicted molar refractivity (Wildman–Crippen MR) is 59.3 cm³/mol. The van der Waals surface area contributed by atoms with Gasteiger partial charge in [0.25, 0.3) is 0 Å². The number of ketones is 1. The summed E-state index contributed by atoms with van der Waals surface area (Å²) in [5, 5.41) is 3.33. The molecule has 0 saturated carbocycles. The summed E-state index contributed by atoms with van der Waals surface area (Å²) in [6.45, 7) is 4.67. The van der Waals surface area contributed by atoms with Gasteiger partial charge in [-0.05, 0) is 32.2 Å². The average molecular weight is 195 g/mol. The Morgan fingerprint density at radius 2 is 2.29 bits per heavy atom. The first kappa shape index (κ1) is 11.4. The molecule has 0 aromatic carbocycles. The number of rotatable bonds is 5. The van der Waals surface area contributed by atoms with Crippen molar-refractivity contribution >= 4 is 5.78 Å². The van der Waals surface area contributed by atoms with Crippen molar-refractivity contribution in [2.75, 3.05) is 6.54 Å². The molecule has 1 rings (SSSR count). The number of Topliss-reactive ketones (excluding diaryl/α,β-unsaturated/α-hetero) is 1. The van der Waals surface area contributed by atoms with Crippen molar-refractivity contribution in [1.29, 1.82) is 0 Å². The fourth-order valence-electron chi connectivity index (χ4n) is 1.90. The molecule has 1 N–H and O–H groups in total. The Kier molecular flexibility index (Phi) is 5.53. The van der Waals surface area contributed by atoms with Gasteiger partial charge in [0.2, 0.25) is 0 Å². The number of hydrogen-bond donors (Lipinski definition) is 1. The predicted octanol–water partition coefficient (Wildman–Crippen LogP) is 2.44. The summed E-state index contributed by atoms with van der Waals surface area (Å²) < 4.78 is 0. The van der Waals surface area contributed by atoms with Gasteiger partial charge >= 0.3 is 0 Å². The highest BCUT2D eigenvalue weighted by Gasteiger charge is 2.18. The van der Waals surface area contributed by atoms with E-state index >= 15 is 0 Å². The smallest absolute Gasteiger partial charge is 0.149 e. The lowest BCUT2D eigenvalue weighted by molar-refractivity contribution is -0.121. The summed E-state index contributed by atoms with van der Waals surface area (Å²) in [6.07, 6.45) is 9.23. The Morgan fingerprint density at radius 3 is 3.07 bits per heavy atom. The minimum atomic E-state index is 0.141. The molecule has 0 amide bonds. The topological polar surface area (TPSA) is 29.1 Å². The van der Waals surface area contributed by atoms with E-state index in [2.05, 4.69) is 11.9 Å². The zero-order valence-electron chi connectivity index (χ0n) is 8.93. The van der Waals surface area contributed by atoms with Crippen molar-refractivity contribution < 1.29 is 4.79 Å². The van der Waals surface area contributed by atoms with Crippen LogP contribution in [0.2, 0.25) is 0 Å². The van der Waals surface area contributed by atoms with Crippen LogP contribution in [0.15, 0.2) is 12.7 Å². The van der Waals surface area contributed by atoms with Gasteiger partial charge in [0.05, 0.1) is 6.04 Å². The molecule has 0 aliphatic carbocycles. The van der Waals surface area contributed by atoms with E-state index in [1.807, 2.05) is 6.08 Å². The minimum absolute atomic E-state index is 0.141. The number of hydrogen-bond acceptors (Lipinski definition) is 2. The van der Waals surface area contributed by atoms with Gasteiger partial charge in [-0.3, -0.25) is 4.79 Å². The Balaban J connectivity index is 2.23. The summed E-state index contributed by atoms with van der Waals surface area (Å²) in [5.74, 6) is 0.397. The standard InChI is InChI=1S/C12H21NO/c1-2-3-5-9-12(14)11-8-6-4-7-10-13-11/h2,11,13H,1,3-10H2. The lowest BCUT2D eigenvalue weighted by Crippen LogP contribution is -2.35. The third-order valence-electron chi connectivity index (χ3n) is 2.78. The van der Waals surface area contributed by atoms with Crippen molar-refractivity contribution in [1.82, 2.24) is 5.32 Å². The average Bonchev–Trinajstić information content (AvgIpc) is 2.46. The van der Waals surface area contributed by atoms with Crippen LogP contribution < -0.4 is 5.32 Å². The molecule has 1 aliphatic rings. The van der Waals surface area contributed by atoms with Crippen LogP contribution in [0.4, 0.5) is 0 Å². The zero-order chi connectivity index (χ0) is 10.2. The first-order valence-electron chi connectivity index (χ1n) is 5.71. The van der Waals surface area contributed by atoms with Crippen LogP contribution in [0.3, 0.4) is 0 Å². The molecule has 1 fully saturated rings. The normalized spacial score (nSPS) is 22.7. The van der Waals surface area contributed by atoms with Gasteiger partial charge in [-0.15, -0.1) is 6.58 Å². The van der Waals surface area contributed by atoms with E-state index in [9.17, 15) is 4.79 Å². The summed E-state index contributed by atoms with van der Waals surface area (Å²) in [6, 6.07) is 0.141. The second kappa shape index (κ2) is 6.77. The molecule has 14 heavy (non-hydrogen) atoms. The van der Waals surface area contributed by atoms with E-state index in [4.69, 9.17) is 0 Å². The molecular formula is C12H21NO. The van der Waals surface area contributed by atoms with E-state index < -0.39 is 0 Å². The summed E-state index contributed by atoms with van der Waals surface area (Å²) >= 11 is 0. The Hall–Kier alpha value is -0.630. The number of carbonyl (C=O) groups excluding carboxylic acids is 1. The molecule has 2 nitrogen and oxygen atoms in total.